The predicted octanol–water partition coefficient (Wildman–Crippen LogP) is 5.94. The maximum atomic E-state index is 11.1. The molecule has 0 saturated heterocycles. The van der Waals surface area contributed by atoms with Crippen molar-refractivity contribution in [2.75, 3.05) is 0 Å². The summed E-state index contributed by atoms with van der Waals surface area (Å²) in [6, 6.07) is 39.5. The van der Waals surface area contributed by atoms with Crippen molar-refractivity contribution in [2.45, 2.75) is 0 Å². The Morgan fingerprint density at radius 1 is 0.366 bits per heavy atom. The third-order valence-electron chi connectivity index (χ3n) is 7.98. The maximum Gasteiger partial charge on any atom is 0.164 e. The molecule has 186 valence electrons. The fraction of sp³-hybridized carbons (Fsp3) is 0. The molecule has 2 N–H and O–H groups in total. The van der Waals surface area contributed by atoms with E-state index in [9.17, 15) is 10.2 Å². The number of benzene rings is 7. The van der Waals surface area contributed by atoms with Crippen LogP contribution in [0.25, 0.3) is 65.7 Å². The summed E-state index contributed by atoms with van der Waals surface area (Å²) >= 11 is 0. The van der Waals surface area contributed by atoms with E-state index < -0.39 is 11.5 Å². The minimum absolute atomic E-state index is 0.0388. The molecule has 0 atom stereocenters. The number of rotatable bonds is 3. The Kier molecular flexibility index (Phi) is 5.90. The van der Waals surface area contributed by atoms with Crippen LogP contribution < -0.4 is 16.4 Å². The van der Waals surface area contributed by atoms with Crippen LogP contribution in [0.15, 0.2) is 115 Å². The van der Waals surface area contributed by atoms with Crippen molar-refractivity contribution < 1.29 is 10.2 Å². The van der Waals surface area contributed by atoms with Gasteiger partial charge in [-0.15, -0.1) is 5.46 Å². The summed E-state index contributed by atoms with van der Waals surface area (Å²) in [7, 11) is 18.6. The molecule has 7 aromatic rings. The van der Waals surface area contributed by atoms with Crippen molar-refractivity contribution in [1.29, 1.82) is 0 Å². The molecule has 0 aliphatic rings. The van der Waals surface area contributed by atoms with Gasteiger partial charge in [0.05, 0.1) is 0 Å². The van der Waals surface area contributed by atoms with Gasteiger partial charge in [-0.1, -0.05) is 114 Å². The summed E-state index contributed by atoms with van der Waals surface area (Å²) in [4.78, 5) is 0. The quantitative estimate of drug-likeness (QED) is 0.173. The van der Waals surface area contributed by atoms with E-state index in [1.807, 2.05) is 42.5 Å². The Bertz CT molecular complexity index is 2070. The summed E-state index contributed by atoms with van der Waals surface area (Å²) < 4.78 is 0. The largest absolute Gasteiger partial charge is 0.505 e. The monoisotopic (exact) mass is 518 g/mol. The van der Waals surface area contributed by atoms with E-state index in [0.29, 0.717) is 5.56 Å². The van der Waals surface area contributed by atoms with Gasteiger partial charge in [0.1, 0.15) is 29.3 Å². The van der Waals surface area contributed by atoms with Crippen LogP contribution in [0.1, 0.15) is 0 Å². The normalized spacial score (nSPS) is 11.4. The summed E-state index contributed by atoms with van der Waals surface area (Å²) in [6.07, 6.45) is 0. The zero-order chi connectivity index (χ0) is 28.2. The summed E-state index contributed by atoms with van der Waals surface area (Å²) in [6.45, 7) is 0. The SMILES string of the molecule is [B]c1c([B])c(O)c(O)c(-c2c3ccccc3c(-c3ccc4cc(-c5ccccc5)ccc4c3)c3ccccc23)c1[B]. The second kappa shape index (κ2) is 9.64. The zero-order valence-electron chi connectivity index (χ0n) is 22.1. The van der Waals surface area contributed by atoms with Gasteiger partial charge in [0.2, 0.25) is 0 Å². The molecular formula is C36H21B3O2. The molecule has 2 nitrogen and oxygen atoms in total. The molecule has 0 unspecified atom stereocenters. The molecule has 0 fully saturated rings. The lowest BCUT2D eigenvalue weighted by Gasteiger charge is -2.22. The third kappa shape index (κ3) is 3.92. The second-order valence-corrected chi connectivity index (χ2v) is 10.3. The molecule has 0 spiro atoms. The molecule has 0 saturated carbocycles. The van der Waals surface area contributed by atoms with Crippen molar-refractivity contribution >= 4 is 72.2 Å². The van der Waals surface area contributed by atoms with Crippen LogP contribution in [-0.2, 0) is 0 Å². The van der Waals surface area contributed by atoms with Crippen molar-refractivity contribution in [2.24, 2.45) is 0 Å². The highest BCUT2D eigenvalue weighted by Crippen LogP contribution is 2.46. The van der Waals surface area contributed by atoms with Crippen molar-refractivity contribution in [1.82, 2.24) is 0 Å². The highest BCUT2D eigenvalue weighted by molar-refractivity contribution is 6.60. The van der Waals surface area contributed by atoms with Crippen LogP contribution in [0.5, 0.6) is 11.5 Å². The first-order valence-electron chi connectivity index (χ1n) is 13.4. The fourth-order valence-corrected chi connectivity index (χ4v) is 5.95. The number of fused-ring (bicyclic) bond motifs is 3. The Morgan fingerprint density at radius 3 is 1.44 bits per heavy atom. The van der Waals surface area contributed by atoms with Gasteiger partial charge in [-0.05, 0) is 66.7 Å². The van der Waals surface area contributed by atoms with E-state index in [2.05, 4.69) is 72.8 Å². The van der Waals surface area contributed by atoms with Crippen LogP contribution in [0.3, 0.4) is 0 Å². The Balaban J connectivity index is 1.52. The first-order chi connectivity index (χ1) is 19.9. The van der Waals surface area contributed by atoms with Crippen LogP contribution >= 0.6 is 0 Å². The molecule has 6 radical (unpaired) electrons. The number of phenols is 2. The van der Waals surface area contributed by atoms with E-state index in [4.69, 9.17) is 23.5 Å². The lowest BCUT2D eigenvalue weighted by molar-refractivity contribution is 0.409. The standard InChI is InChI=1S/C36H21B3O2/c37-32-31(35(40)36(41)34(39)33(32)38)30-27-12-6-4-10-25(27)29(26-11-5-7-13-28(26)30)24-17-16-22-18-21(14-15-23(22)19-24)20-8-2-1-3-9-20/h1-19,40-41H. The summed E-state index contributed by atoms with van der Waals surface area (Å²) in [5, 5.41) is 27.7. The van der Waals surface area contributed by atoms with Crippen LogP contribution in [0.4, 0.5) is 0 Å². The lowest BCUT2D eigenvalue weighted by Crippen LogP contribution is -2.40. The minimum atomic E-state index is -0.478. The van der Waals surface area contributed by atoms with Crippen molar-refractivity contribution in [3.05, 3.63) is 115 Å². The third-order valence-corrected chi connectivity index (χ3v) is 7.98. The summed E-state index contributed by atoms with van der Waals surface area (Å²) in [5.41, 5.74) is 5.47. The molecule has 0 aliphatic heterocycles. The van der Waals surface area contributed by atoms with Crippen LogP contribution in [0, 0.1) is 0 Å². The molecule has 0 aliphatic carbocycles. The van der Waals surface area contributed by atoms with E-state index in [1.165, 1.54) is 11.1 Å². The summed E-state index contributed by atoms with van der Waals surface area (Å²) in [5.74, 6) is -0.870. The molecule has 0 heterocycles. The van der Waals surface area contributed by atoms with E-state index >= 15 is 0 Å². The van der Waals surface area contributed by atoms with Crippen LogP contribution in [-0.4, -0.2) is 33.8 Å². The molecule has 7 aromatic carbocycles. The first-order valence-corrected chi connectivity index (χ1v) is 13.4. The molecule has 5 heteroatoms. The van der Waals surface area contributed by atoms with Gasteiger partial charge in [0, 0.05) is 11.1 Å². The van der Waals surface area contributed by atoms with Gasteiger partial charge >= 0.3 is 0 Å². The molecule has 7 rings (SSSR count). The topological polar surface area (TPSA) is 40.5 Å². The number of hydrogen-bond acceptors (Lipinski definition) is 2. The van der Waals surface area contributed by atoms with Crippen molar-refractivity contribution in [3.63, 3.8) is 0 Å². The van der Waals surface area contributed by atoms with E-state index in [-0.39, 0.29) is 22.0 Å². The first kappa shape index (κ1) is 25.1. The highest BCUT2D eigenvalue weighted by Gasteiger charge is 2.23. The maximum absolute atomic E-state index is 11.1. The lowest BCUT2D eigenvalue weighted by atomic mass is 9.68. The van der Waals surface area contributed by atoms with Gasteiger partial charge in [0.25, 0.3) is 0 Å². The molecular weight excluding hydrogens is 497 g/mol. The highest BCUT2D eigenvalue weighted by atomic mass is 16.3. The number of hydrogen-bond donors (Lipinski definition) is 2. The predicted molar refractivity (Wildman–Crippen MR) is 175 cm³/mol. The van der Waals surface area contributed by atoms with Gasteiger partial charge in [-0.3, -0.25) is 0 Å². The van der Waals surface area contributed by atoms with Gasteiger partial charge in [0.15, 0.2) is 5.75 Å². The fourth-order valence-electron chi connectivity index (χ4n) is 5.95. The Labute approximate surface area is 242 Å². The Hall–Kier alpha value is -4.89. The van der Waals surface area contributed by atoms with Crippen LogP contribution in [0.2, 0.25) is 0 Å². The van der Waals surface area contributed by atoms with Gasteiger partial charge in [-0.2, -0.15) is 0 Å². The molecule has 0 amide bonds. The average Bonchev–Trinajstić information content (AvgIpc) is 3.02. The molecule has 0 aromatic heterocycles. The number of phenolic OH excluding ortho intramolecular Hbond substituents is 2. The zero-order valence-corrected chi connectivity index (χ0v) is 22.1. The molecule has 0 bridgehead atoms. The Morgan fingerprint density at radius 2 is 0.854 bits per heavy atom. The van der Waals surface area contributed by atoms with Crippen molar-refractivity contribution in [3.8, 4) is 44.9 Å². The molecule has 41 heavy (non-hydrogen) atoms. The van der Waals surface area contributed by atoms with E-state index in [0.717, 1.165) is 43.4 Å². The second-order valence-electron chi connectivity index (χ2n) is 10.3. The average molecular weight is 518 g/mol. The minimum Gasteiger partial charge on any atom is -0.505 e. The smallest absolute Gasteiger partial charge is 0.164 e. The van der Waals surface area contributed by atoms with Gasteiger partial charge in [-0.25, -0.2) is 0 Å². The number of aromatic hydroxyl groups is 2. The van der Waals surface area contributed by atoms with E-state index in [1.54, 1.807) is 0 Å². The van der Waals surface area contributed by atoms with Gasteiger partial charge < -0.3 is 10.2 Å².